The molecule has 0 radical (unpaired) electrons. The maximum absolute atomic E-state index is 9.43. The molecule has 4 heterocycles. The van der Waals surface area contributed by atoms with Gasteiger partial charge in [0.15, 0.2) is 0 Å². The summed E-state index contributed by atoms with van der Waals surface area (Å²) in [5, 5.41) is 14.2. The maximum Gasteiger partial charge on any atom is 0.115 e. The first-order chi connectivity index (χ1) is 9.24. The largest absolute Gasteiger partial charge is 0.508 e. The lowest BCUT2D eigenvalue weighted by molar-refractivity contribution is 0.464. The number of rotatable bonds is 1. The van der Waals surface area contributed by atoms with Crippen LogP contribution in [-0.4, -0.2) is 28.0 Å². The van der Waals surface area contributed by atoms with Crippen LogP contribution in [0.15, 0.2) is 24.3 Å². The van der Waals surface area contributed by atoms with Crippen molar-refractivity contribution in [2.24, 2.45) is 7.05 Å². The van der Waals surface area contributed by atoms with Crippen LogP contribution in [0.2, 0.25) is 0 Å². The number of hydrogen-bond acceptors (Lipinski definition) is 3. The fourth-order valence-corrected chi connectivity index (χ4v) is 3.44. The lowest BCUT2D eigenvalue weighted by atomic mass is 9.86. The highest BCUT2D eigenvalue weighted by molar-refractivity contribution is 5.79. The Morgan fingerprint density at radius 1 is 1.16 bits per heavy atom. The van der Waals surface area contributed by atoms with Gasteiger partial charge >= 0.3 is 0 Å². The van der Waals surface area contributed by atoms with E-state index in [2.05, 4.69) is 4.90 Å². The van der Waals surface area contributed by atoms with E-state index in [9.17, 15) is 5.11 Å². The Kier molecular flexibility index (Phi) is 2.16. The molecule has 2 aromatic rings. The first kappa shape index (κ1) is 10.9. The first-order valence-corrected chi connectivity index (χ1v) is 6.85. The van der Waals surface area contributed by atoms with E-state index in [0.29, 0.717) is 11.7 Å². The standard InChI is InChI=1S/C15H17N3O/c1-17-14(11-2-4-12(19)5-3-11)15-13(16-17)10-6-8-18(15)9-7-10/h2-5,10,19H,6-9H2,1H3. The van der Waals surface area contributed by atoms with Gasteiger partial charge in [-0.25, -0.2) is 0 Å². The molecule has 3 aliphatic rings. The van der Waals surface area contributed by atoms with Crippen molar-refractivity contribution in [2.75, 3.05) is 18.0 Å². The van der Waals surface area contributed by atoms with Crippen molar-refractivity contribution in [3.05, 3.63) is 30.0 Å². The molecule has 4 heteroatoms. The zero-order chi connectivity index (χ0) is 13.0. The number of piperidine rings is 1. The summed E-state index contributed by atoms with van der Waals surface area (Å²) in [6, 6.07) is 7.42. The van der Waals surface area contributed by atoms with Crippen LogP contribution in [0.5, 0.6) is 5.75 Å². The Bertz CT molecular complexity index is 622. The molecule has 0 atom stereocenters. The molecule has 1 N–H and O–H groups in total. The number of aryl methyl sites for hydroxylation is 1. The molecule has 2 bridgehead atoms. The summed E-state index contributed by atoms with van der Waals surface area (Å²) < 4.78 is 1.99. The van der Waals surface area contributed by atoms with E-state index in [1.54, 1.807) is 12.1 Å². The lowest BCUT2D eigenvalue weighted by Gasteiger charge is -2.39. The Balaban J connectivity index is 1.92. The van der Waals surface area contributed by atoms with Crippen LogP contribution in [0.4, 0.5) is 5.69 Å². The second-order valence-electron chi connectivity index (χ2n) is 5.51. The number of aromatic nitrogens is 2. The van der Waals surface area contributed by atoms with Gasteiger partial charge in [-0.2, -0.15) is 5.10 Å². The van der Waals surface area contributed by atoms with E-state index >= 15 is 0 Å². The molecule has 4 nitrogen and oxygen atoms in total. The zero-order valence-electron chi connectivity index (χ0n) is 11.0. The normalized spacial score (nSPS) is 17.8. The van der Waals surface area contributed by atoms with E-state index in [0.717, 1.165) is 18.7 Å². The number of benzene rings is 1. The number of fused-ring (bicyclic) bond motifs is 2. The van der Waals surface area contributed by atoms with Gasteiger partial charge in [-0.3, -0.25) is 4.68 Å². The topological polar surface area (TPSA) is 41.3 Å². The minimum absolute atomic E-state index is 0.307. The van der Waals surface area contributed by atoms with E-state index in [4.69, 9.17) is 5.10 Å². The molecular weight excluding hydrogens is 238 g/mol. The molecule has 98 valence electrons. The van der Waals surface area contributed by atoms with Crippen molar-refractivity contribution in [1.82, 2.24) is 9.78 Å². The molecule has 1 aromatic heterocycles. The van der Waals surface area contributed by atoms with Gasteiger partial charge in [0.25, 0.3) is 0 Å². The number of phenols is 1. The van der Waals surface area contributed by atoms with Crippen molar-refractivity contribution in [3.8, 4) is 17.0 Å². The maximum atomic E-state index is 9.43. The fourth-order valence-electron chi connectivity index (χ4n) is 3.44. The molecule has 0 aliphatic carbocycles. The second-order valence-corrected chi connectivity index (χ2v) is 5.51. The molecule has 3 aliphatic heterocycles. The smallest absolute Gasteiger partial charge is 0.115 e. The van der Waals surface area contributed by atoms with Crippen LogP contribution in [0.1, 0.15) is 24.5 Å². The molecule has 1 fully saturated rings. The van der Waals surface area contributed by atoms with Gasteiger partial charge in [-0.15, -0.1) is 0 Å². The van der Waals surface area contributed by atoms with Crippen molar-refractivity contribution >= 4 is 5.69 Å². The van der Waals surface area contributed by atoms with Gasteiger partial charge in [-0.1, -0.05) is 0 Å². The highest BCUT2D eigenvalue weighted by Crippen LogP contribution is 2.46. The van der Waals surface area contributed by atoms with Crippen molar-refractivity contribution in [1.29, 1.82) is 0 Å². The van der Waals surface area contributed by atoms with E-state index in [1.165, 1.54) is 29.9 Å². The molecule has 0 unspecified atom stereocenters. The quantitative estimate of drug-likeness (QED) is 0.851. The van der Waals surface area contributed by atoms with E-state index < -0.39 is 0 Å². The highest BCUT2D eigenvalue weighted by atomic mass is 16.3. The molecule has 1 saturated heterocycles. The molecular formula is C15H17N3O. The minimum Gasteiger partial charge on any atom is -0.508 e. The summed E-state index contributed by atoms with van der Waals surface area (Å²) >= 11 is 0. The third-order valence-corrected chi connectivity index (χ3v) is 4.39. The highest BCUT2D eigenvalue weighted by Gasteiger charge is 2.36. The average Bonchev–Trinajstić information content (AvgIpc) is 2.80. The number of hydrogen-bond donors (Lipinski definition) is 1. The van der Waals surface area contributed by atoms with Gasteiger partial charge in [-0.05, 0) is 37.1 Å². The van der Waals surface area contributed by atoms with Crippen molar-refractivity contribution in [2.45, 2.75) is 18.8 Å². The monoisotopic (exact) mass is 255 g/mol. The lowest BCUT2D eigenvalue weighted by Crippen LogP contribution is -2.38. The third-order valence-electron chi connectivity index (χ3n) is 4.39. The predicted molar refractivity (Wildman–Crippen MR) is 74.5 cm³/mol. The van der Waals surface area contributed by atoms with E-state index in [1.807, 2.05) is 23.9 Å². The summed E-state index contributed by atoms with van der Waals surface area (Å²) in [5.74, 6) is 0.943. The van der Waals surface area contributed by atoms with Crippen LogP contribution in [0.3, 0.4) is 0 Å². The number of nitrogens with zero attached hydrogens (tertiary/aromatic N) is 3. The summed E-state index contributed by atoms with van der Waals surface area (Å²) in [7, 11) is 2.01. The van der Waals surface area contributed by atoms with Crippen LogP contribution >= 0.6 is 0 Å². The van der Waals surface area contributed by atoms with Crippen LogP contribution in [0.25, 0.3) is 11.3 Å². The van der Waals surface area contributed by atoms with Gasteiger partial charge in [0.1, 0.15) is 5.75 Å². The number of phenolic OH excluding ortho intramolecular Hbond substituents is 1. The Morgan fingerprint density at radius 2 is 1.84 bits per heavy atom. The predicted octanol–water partition coefficient (Wildman–Crippen LogP) is 2.49. The second kappa shape index (κ2) is 3.76. The summed E-state index contributed by atoms with van der Waals surface area (Å²) in [6.07, 6.45) is 2.47. The summed E-state index contributed by atoms with van der Waals surface area (Å²) in [6.45, 7) is 2.29. The molecule has 5 rings (SSSR count). The number of aromatic hydroxyl groups is 1. The van der Waals surface area contributed by atoms with Gasteiger partial charge in [0.2, 0.25) is 0 Å². The van der Waals surface area contributed by atoms with Crippen LogP contribution < -0.4 is 4.90 Å². The molecule has 1 aromatic carbocycles. The van der Waals surface area contributed by atoms with E-state index in [-0.39, 0.29) is 0 Å². The van der Waals surface area contributed by atoms with Gasteiger partial charge in [0.05, 0.1) is 17.1 Å². The summed E-state index contributed by atoms with van der Waals surface area (Å²) in [5.41, 5.74) is 4.89. The number of anilines is 1. The van der Waals surface area contributed by atoms with Crippen molar-refractivity contribution < 1.29 is 5.11 Å². The van der Waals surface area contributed by atoms with Crippen LogP contribution in [0, 0.1) is 0 Å². The van der Waals surface area contributed by atoms with Crippen LogP contribution in [-0.2, 0) is 7.05 Å². The van der Waals surface area contributed by atoms with Gasteiger partial charge in [0, 0.05) is 31.6 Å². The minimum atomic E-state index is 0.307. The van der Waals surface area contributed by atoms with Crippen molar-refractivity contribution in [3.63, 3.8) is 0 Å². The molecule has 0 saturated carbocycles. The molecule has 19 heavy (non-hydrogen) atoms. The van der Waals surface area contributed by atoms with Gasteiger partial charge < -0.3 is 10.0 Å². The Hall–Kier alpha value is -1.97. The third kappa shape index (κ3) is 1.49. The summed E-state index contributed by atoms with van der Waals surface area (Å²) in [4.78, 5) is 2.46. The zero-order valence-corrected chi connectivity index (χ0v) is 11.0. The average molecular weight is 255 g/mol. The SMILES string of the molecule is Cn1nc2c(c1-c1ccc(O)cc1)N1CCC2CC1. The Labute approximate surface area is 112 Å². The fraction of sp³-hybridized carbons (Fsp3) is 0.400. The first-order valence-electron chi connectivity index (χ1n) is 6.85. The Morgan fingerprint density at radius 3 is 2.53 bits per heavy atom. The molecule has 0 spiro atoms. The molecule has 0 amide bonds.